The Hall–Kier alpha value is -2.90. The first-order chi connectivity index (χ1) is 9.00. The summed E-state index contributed by atoms with van der Waals surface area (Å²) < 4.78 is 1.22. The van der Waals surface area contributed by atoms with Crippen LogP contribution in [0.2, 0.25) is 0 Å². The minimum Gasteiger partial charge on any atom is -0.478 e. The highest BCUT2D eigenvalue weighted by molar-refractivity contribution is 5.95. The summed E-state index contributed by atoms with van der Waals surface area (Å²) in [5.41, 5.74) is 11.2. The molecule has 0 spiro atoms. The van der Waals surface area contributed by atoms with E-state index < -0.39 is 11.9 Å². The van der Waals surface area contributed by atoms with E-state index in [1.165, 1.54) is 10.7 Å². The van der Waals surface area contributed by atoms with E-state index in [9.17, 15) is 9.59 Å². The van der Waals surface area contributed by atoms with Crippen LogP contribution in [0.5, 0.6) is 0 Å². The smallest absolute Gasteiger partial charge is 0.336 e. The van der Waals surface area contributed by atoms with Crippen LogP contribution in [0.25, 0.3) is 0 Å². The average molecular weight is 261 g/mol. The zero-order valence-electron chi connectivity index (χ0n) is 9.78. The number of aromatic carboxylic acids is 1. The number of nitrogens with zero attached hydrogens (tertiary/aromatic N) is 3. The molecule has 0 radical (unpaired) electrons. The predicted octanol–water partition coefficient (Wildman–Crippen LogP) is -0.294. The van der Waals surface area contributed by atoms with Gasteiger partial charge in [0, 0.05) is 0 Å². The Bertz CT molecular complexity index is 650. The van der Waals surface area contributed by atoms with Crippen LogP contribution in [-0.4, -0.2) is 32.0 Å². The quantitative estimate of drug-likeness (QED) is 0.691. The number of carbonyl (C=O) groups excluding carboxylic acids is 1. The third-order valence-electron chi connectivity index (χ3n) is 2.57. The molecule has 0 aliphatic heterocycles. The molecule has 5 N–H and O–H groups in total. The largest absolute Gasteiger partial charge is 0.478 e. The molecule has 1 aromatic carbocycles. The van der Waals surface area contributed by atoms with Gasteiger partial charge in [-0.25, -0.2) is 9.48 Å². The highest BCUT2D eigenvalue weighted by Crippen LogP contribution is 2.14. The first-order valence-electron chi connectivity index (χ1n) is 5.30. The number of amides is 1. The summed E-state index contributed by atoms with van der Waals surface area (Å²) in [7, 11) is 0. The van der Waals surface area contributed by atoms with E-state index in [2.05, 4.69) is 10.3 Å². The maximum absolute atomic E-state index is 11.1. The Morgan fingerprint density at radius 1 is 1.32 bits per heavy atom. The third kappa shape index (κ3) is 2.37. The van der Waals surface area contributed by atoms with Gasteiger partial charge in [0.25, 0.3) is 5.91 Å². The van der Waals surface area contributed by atoms with Gasteiger partial charge in [-0.05, 0) is 11.6 Å². The van der Waals surface area contributed by atoms with E-state index in [1.54, 1.807) is 18.2 Å². The summed E-state index contributed by atoms with van der Waals surface area (Å²) in [6.07, 6.45) is 0. The molecule has 0 saturated carbocycles. The summed E-state index contributed by atoms with van der Waals surface area (Å²) in [6.45, 7) is 0.0919. The molecule has 1 heterocycles. The fourth-order valence-corrected chi connectivity index (χ4v) is 1.64. The number of hydrogen-bond donors (Lipinski definition) is 3. The fraction of sp³-hybridized carbons (Fsp3) is 0.0909. The van der Waals surface area contributed by atoms with E-state index in [4.69, 9.17) is 16.6 Å². The Morgan fingerprint density at radius 2 is 2.00 bits per heavy atom. The number of anilines is 1. The van der Waals surface area contributed by atoms with Gasteiger partial charge in [-0.2, -0.15) is 0 Å². The zero-order chi connectivity index (χ0) is 14.0. The molecule has 1 aromatic heterocycles. The molecule has 2 rings (SSSR count). The molecule has 0 bridgehead atoms. The number of primary amides is 1. The number of nitrogen functional groups attached to an aromatic ring is 1. The summed E-state index contributed by atoms with van der Waals surface area (Å²) in [5.74, 6) is -1.83. The molecule has 0 saturated heterocycles. The van der Waals surface area contributed by atoms with Crippen LogP contribution < -0.4 is 11.5 Å². The van der Waals surface area contributed by atoms with Gasteiger partial charge in [0.1, 0.15) is 0 Å². The molecule has 0 atom stereocenters. The molecule has 8 nitrogen and oxygen atoms in total. The van der Waals surface area contributed by atoms with Crippen LogP contribution in [0.4, 0.5) is 5.82 Å². The monoisotopic (exact) mass is 261 g/mol. The third-order valence-corrected chi connectivity index (χ3v) is 2.57. The van der Waals surface area contributed by atoms with Gasteiger partial charge >= 0.3 is 5.97 Å². The predicted molar refractivity (Wildman–Crippen MR) is 65.5 cm³/mol. The van der Waals surface area contributed by atoms with Gasteiger partial charge in [-0.15, -0.1) is 5.10 Å². The first-order valence-corrected chi connectivity index (χ1v) is 5.30. The van der Waals surface area contributed by atoms with Crippen LogP contribution >= 0.6 is 0 Å². The maximum atomic E-state index is 11.1. The molecule has 0 aliphatic carbocycles. The van der Waals surface area contributed by atoms with Crippen molar-refractivity contribution in [3.63, 3.8) is 0 Å². The lowest BCUT2D eigenvalue weighted by Crippen LogP contribution is -2.15. The van der Waals surface area contributed by atoms with Crippen molar-refractivity contribution >= 4 is 17.7 Å². The molecule has 0 aliphatic rings. The second-order valence-corrected chi connectivity index (χ2v) is 3.81. The lowest BCUT2D eigenvalue weighted by atomic mass is 10.1. The number of carboxylic acid groups (broad SMARTS) is 1. The van der Waals surface area contributed by atoms with Gasteiger partial charge < -0.3 is 16.6 Å². The van der Waals surface area contributed by atoms with Crippen molar-refractivity contribution in [3.05, 3.63) is 41.1 Å². The second-order valence-electron chi connectivity index (χ2n) is 3.81. The number of aromatic nitrogens is 3. The van der Waals surface area contributed by atoms with Gasteiger partial charge in [0.05, 0.1) is 12.1 Å². The number of carbonyl (C=O) groups is 2. The normalized spacial score (nSPS) is 10.3. The topological polar surface area (TPSA) is 137 Å². The zero-order valence-corrected chi connectivity index (χ0v) is 9.78. The molecule has 8 heteroatoms. The molecule has 2 aromatic rings. The molecule has 0 fully saturated rings. The van der Waals surface area contributed by atoms with E-state index in [1.807, 2.05) is 0 Å². The summed E-state index contributed by atoms with van der Waals surface area (Å²) in [4.78, 5) is 22.1. The number of benzene rings is 1. The molecular formula is C11H11N5O3. The van der Waals surface area contributed by atoms with Crippen molar-refractivity contribution in [2.75, 3.05) is 5.73 Å². The SMILES string of the molecule is NC(=O)c1nnn(Cc2ccccc2C(=O)O)c1N. The average Bonchev–Trinajstić information content (AvgIpc) is 2.71. The molecule has 98 valence electrons. The van der Waals surface area contributed by atoms with Crippen LogP contribution in [0, 0.1) is 0 Å². The van der Waals surface area contributed by atoms with Crippen LogP contribution in [0.1, 0.15) is 26.4 Å². The minimum absolute atomic E-state index is 0.00712. The second kappa shape index (κ2) is 4.77. The lowest BCUT2D eigenvalue weighted by molar-refractivity contribution is 0.0695. The van der Waals surface area contributed by atoms with E-state index >= 15 is 0 Å². The maximum Gasteiger partial charge on any atom is 0.336 e. The van der Waals surface area contributed by atoms with Crippen molar-refractivity contribution in [2.24, 2.45) is 5.73 Å². The Kier molecular flexibility index (Phi) is 3.15. The van der Waals surface area contributed by atoms with E-state index in [0.29, 0.717) is 5.56 Å². The van der Waals surface area contributed by atoms with E-state index in [-0.39, 0.29) is 23.6 Å². The van der Waals surface area contributed by atoms with Crippen LogP contribution in [0.15, 0.2) is 24.3 Å². The van der Waals surface area contributed by atoms with Crippen molar-refractivity contribution in [1.29, 1.82) is 0 Å². The van der Waals surface area contributed by atoms with Crippen molar-refractivity contribution in [1.82, 2.24) is 15.0 Å². The van der Waals surface area contributed by atoms with E-state index in [0.717, 1.165) is 0 Å². The fourth-order valence-electron chi connectivity index (χ4n) is 1.64. The molecular weight excluding hydrogens is 250 g/mol. The van der Waals surface area contributed by atoms with Crippen molar-refractivity contribution in [2.45, 2.75) is 6.54 Å². The van der Waals surface area contributed by atoms with Gasteiger partial charge in [-0.3, -0.25) is 4.79 Å². The minimum atomic E-state index is -1.05. The number of rotatable bonds is 4. The molecule has 0 unspecified atom stereocenters. The molecule has 1 amide bonds. The number of carboxylic acids is 1. The highest BCUT2D eigenvalue weighted by atomic mass is 16.4. The molecule has 19 heavy (non-hydrogen) atoms. The highest BCUT2D eigenvalue weighted by Gasteiger charge is 2.16. The van der Waals surface area contributed by atoms with Crippen molar-refractivity contribution in [3.8, 4) is 0 Å². The Morgan fingerprint density at radius 3 is 2.58 bits per heavy atom. The summed E-state index contributed by atoms with van der Waals surface area (Å²) >= 11 is 0. The van der Waals surface area contributed by atoms with Gasteiger partial charge in [0.15, 0.2) is 11.5 Å². The van der Waals surface area contributed by atoms with Crippen molar-refractivity contribution < 1.29 is 14.7 Å². The van der Waals surface area contributed by atoms with Crippen LogP contribution in [0.3, 0.4) is 0 Å². The summed E-state index contributed by atoms with van der Waals surface area (Å²) in [5, 5.41) is 16.3. The number of nitrogens with two attached hydrogens (primary N) is 2. The summed E-state index contributed by atoms with van der Waals surface area (Å²) in [6, 6.07) is 6.42. The van der Waals surface area contributed by atoms with Gasteiger partial charge in [0.2, 0.25) is 0 Å². The van der Waals surface area contributed by atoms with Crippen LogP contribution in [-0.2, 0) is 6.54 Å². The van der Waals surface area contributed by atoms with Gasteiger partial charge in [-0.1, -0.05) is 23.4 Å². The first kappa shape index (κ1) is 12.6. The number of hydrogen-bond acceptors (Lipinski definition) is 5. The Labute approximate surface area is 107 Å². The lowest BCUT2D eigenvalue weighted by Gasteiger charge is -2.06. The Balaban J connectivity index is 2.37. The standard InChI is InChI=1S/C11H11N5O3/c12-9-8(10(13)17)14-15-16(9)5-6-3-1-2-4-7(6)11(18)19/h1-4H,5,12H2,(H2,13,17)(H,18,19).